The summed E-state index contributed by atoms with van der Waals surface area (Å²) in [5.74, 6) is 2.28. The van der Waals surface area contributed by atoms with Crippen molar-refractivity contribution in [3.05, 3.63) is 180 Å². The number of hydrogen-bond donors (Lipinski definition) is 0. The van der Waals surface area contributed by atoms with E-state index in [0.29, 0.717) is 0 Å². The first kappa shape index (κ1) is 28.5. The van der Waals surface area contributed by atoms with Gasteiger partial charge in [-0.05, 0) is 95.8 Å². The molecule has 0 amide bonds. The van der Waals surface area contributed by atoms with Gasteiger partial charge in [0.25, 0.3) is 0 Å². The zero-order chi connectivity index (χ0) is 33.5. The fraction of sp³-hybridized carbons (Fsp3) is 0.0833. The second-order valence-electron chi connectivity index (χ2n) is 14.0. The SMILES string of the molecule is C1=Cc2c(n(-c3cccc(-c4ccccc4)c3)c3ccc(-c4ccc5c(c4)c4ccccc4n5C4=CC=C5Oc6ccccc6C5C4)cc23)CC1. The van der Waals surface area contributed by atoms with E-state index in [2.05, 4.69) is 173 Å². The van der Waals surface area contributed by atoms with Gasteiger partial charge in [0.2, 0.25) is 0 Å². The topological polar surface area (TPSA) is 19.1 Å². The Morgan fingerprint density at radius 2 is 1.27 bits per heavy atom. The van der Waals surface area contributed by atoms with Gasteiger partial charge < -0.3 is 13.9 Å². The lowest BCUT2D eigenvalue weighted by Crippen LogP contribution is -2.08. The number of hydrogen-bond acceptors (Lipinski definition) is 1. The minimum Gasteiger partial charge on any atom is -0.461 e. The molecule has 51 heavy (non-hydrogen) atoms. The lowest BCUT2D eigenvalue weighted by molar-refractivity contribution is 0.425. The summed E-state index contributed by atoms with van der Waals surface area (Å²) < 4.78 is 11.2. The number of para-hydroxylation sites is 2. The third-order valence-electron chi connectivity index (χ3n) is 11.2. The minimum absolute atomic E-state index is 0.247. The van der Waals surface area contributed by atoms with Gasteiger partial charge in [-0.2, -0.15) is 0 Å². The molecule has 3 nitrogen and oxygen atoms in total. The van der Waals surface area contributed by atoms with Gasteiger partial charge in [0, 0.05) is 50.8 Å². The zero-order valence-electron chi connectivity index (χ0n) is 28.1. The maximum atomic E-state index is 6.23. The van der Waals surface area contributed by atoms with Crippen molar-refractivity contribution in [3.8, 4) is 33.7 Å². The normalized spacial score (nSPS) is 16.1. The highest BCUT2D eigenvalue weighted by atomic mass is 16.5. The summed E-state index contributed by atoms with van der Waals surface area (Å²) in [7, 11) is 0. The van der Waals surface area contributed by atoms with Crippen LogP contribution in [0.1, 0.15) is 35.6 Å². The summed E-state index contributed by atoms with van der Waals surface area (Å²) >= 11 is 0. The van der Waals surface area contributed by atoms with E-state index >= 15 is 0 Å². The molecule has 2 aromatic heterocycles. The Kier molecular flexibility index (Phi) is 6.20. The zero-order valence-corrected chi connectivity index (χ0v) is 28.1. The van der Waals surface area contributed by atoms with E-state index in [9.17, 15) is 0 Å². The van der Waals surface area contributed by atoms with Crippen LogP contribution in [0.2, 0.25) is 0 Å². The summed E-state index contributed by atoms with van der Waals surface area (Å²) in [6, 6.07) is 51.0. The molecule has 0 N–H and O–H groups in total. The van der Waals surface area contributed by atoms with Crippen molar-refractivity contribution >= 4 is 44.5 Å². The molecule has 3 heteroatoms. The highest BCUT2D eigenvalue weighted by Crippen LogP contribution is 2.48. The lowest BCUT2D eigenvalue weighted by Gasteiger charge is -2.20. The molecule has 1 aliphatic heterocycles. The van der Waals surface area contributed by atoms with Gasteiger partial charge in [-0.25, -0.2) is 0 Å². The van der Waals surface area contributed by atoms with Crippen LogP contribution in [0.25, 0.3) is 72.4 Å². The van der Waals surface area contributed by atoms with Gasteiger partial charge in [-0.1, -0.05) is 103 Å². The molecule has 11 rings (SSSR count). The van der Waals surface area contributed by atoms with Gasteiger partial charge in [0.1, 0.15) is 11.5 Å². The number of ether oxygens (including phenoxy) is 1. The highest BCUT2D eigenvalue weighted by molar-refractivity contribution is 6.11. The summed E-state index contributed by atoms with van der Waals surface area (Å²) in [6.45, 7) is 0. The fourth-order valence-corrected chi connectivity index (χ4v) is 8.81. The largest absolute Gasteiger partial charge is 0.461 e. The summed E-state index contributed by atoms with van der Waals surface area (Å²) in [5, 5.41) is 3.86. The van der Waals surface area contributed by atoms with E-state index < -0.39 is 0 Å². The second-order valence-corrected chi connectivity index (χ2v) is 14.0. The summed E-state index contributed by atoms with van der Waals surface area (Å²) in [5.41, 5.74) is 15.2. The molecule has 0 fully saturated rings. The Balaban J connectivity index is 1.03. The Bertz CT molecular complexity index is 2810. The molecule has 3 aliphatic rings. The van der Waals surface area contributed by atoms with Crippen molar-refractivity contribution in [3.63, 3.8) is 0 Å². The van der Waals surface area contributed by atoms with Crippen LogP contribution < -0.4 is 4.74 Å². The van der Waals surface area contributed by atoms with E-state index in [-0.39, 0.29) is 5.92 Å². The molecule has 1 unspecified atom stereocenters. The predicted octanol–water partition coefficient (Wildman–Crippen LogP) is 12.3. The lowest BCUT2D eigenvalue weighted by atomic mass is 9.90. The van der Waals surface area contributed by atoms with Crippen molar-refractivity contribution < 1.29 is 4.74 Å². The molecule has 8 aromatic rings. The molecule has 3 heterocycles. The van der Waals surface area contributed by atoms with Crippen molar-refractivity contribution in [1.82, 2.24) is 9.13 Å². The number of benzene rings is 6. The fourth-order valence-electron chi connectivity index (χ4n) is 8.81. The van der Waals surface area contributed by atoms with Crippen molar-refractivity contribution in [2.24, 2.45) is 0 Å². The van der Waals surface area contributed by atoms with Crippen LogP contribution in [0, 0.1) is 0 Å². The van der Waals surface area contributed by atoms with Gasteiger partial charge in [0.15, 0.2) is 0 Å². The van der Waals surface area contributed by atoms with Crippen LogP contribution in [-0.2, 0) is 6.42 Å². The van der Waals surface area contributed by atoms with E-state index in [1.807, 2.05) is 0 Å². The summed E-state index contributed by atoms with van der Waals surface area (Å²) in [4.78, 5) is 0. The van der Waals surface area contributed by atoms with Crippen molar-refractivity contribution in [2.75, 3.05) is 0 Å². The van der Waals surface area contributed by atoms with Crippen LogP contribution in [0.5, 0.6) is 5.75 Å². The highest BCUT2D eigenvalue weighted by Gasteiger charge is 2.33. The maximum absolute atomic E-state index is 6.23. The first-order chi connectivity index (χ1) is 25.3. The molecule has 0 saturated carbocycles. The molecule has 242 valence electrons. The van der Waals surface area contributed by atoms with Crippen LogP contribution in [-0.4, -0.2) is 9.13 Å². The third kappa shape index (κ3) is 4.38. The van der Waals surface area contributed by atoms with Gasteiger partial charge in [-0.15, -0.1) is 0 Å². The Morgan fingerprint density at radius 1 is 0.549 bits per heavy atom. The molecule has 0 saturated heterocycles. The van der Waals surface area contributed by atoms with E-state index in [1.165, 1.54) is 83.2 Å². The van der Waals surface area contributed by atoms with Crippen molar-refractivity contribution in [2.45, 2.75) is 25.2 Å². The number of aromatic nitrogens is 2. The van der Waals surface area contributed by atoms with Crippen LogP contribution in [0.4, 0.5) is 0 Å². The molecule has 2 aliphatic carbocycles. The Labute approximate surface area is 296 Å². The molecular weight excluding hydrogens is 621 g/mol. The third-order valence-corrected chi connectivity index (χ3v) is 11.2. The molecule has 0 radical (unpaired) electrons. The average molecular weight is 655 g/mol. The smallest absolute Gasteiger partial charge is 0.130 e. The van der Waals surface area contributed by atoms with Gasteiger partial charge >= 0.3 is 0 Å². The van der Waals surface area contributed by atoms with Crippen LogP contribution in [0.15, 0.2) is 164 Å². The van der Waals surface area contributed by atoms with Crippen LogP contribution in [0.3, 0.4) is 0 Å². The number of rotatable bonds is 4. The number of nitrogens with zero attached hydrogens (tertiary/aromatic N) is 2. The Morgan fingerprint density at radius 3 is 2.18 bits per heavy atom. The first-order valence-electron chi connectivity index (χ1n) is 18.0. The number of allylic oxidation sites excluding steroid dienone is 5. The molecule has 6 aromatic carbocycles. The number of fused-ring (bicyclic) bond motifs is 9. The average Bonchev–Trinajstić information content (AvgIpc) is 3.85. The summed E-state index contributed by atoms with van der Waals surface area (Å²) in [6.07, 6.45) is 12.1. The molecular formula is C48H34N2O. The van der Waals surface area contributed by atoms with E-state index in [0.717, 1.165) is 30.8 Å². The quantitative estimate of drug-likeness (QED) is 0.185. The second kappa shape index (κ2) is 11.1. The van der Waals surface area contributed by atoms with Crippen molar-refractivity contribution in [1.29, 1.82) is 0 Å². The van der Waals surface area contributed by atoms with Gasteiger partial charge in [0.05, 0.1) is 22.5 Å². The van der Waals surface area contributed by atoms with E-state index in [4.69, 9.17) is 4.74 Å². The minimum atomic E-state index is 0.247. The van der Waals surface area contributed by atoms with Crippen LogP contribution >= 0.6 is 0 Å². The standard InChI is InChI=1S/C48H34N2O/c1-2-11-31(12-3-1)32-13-10-14-35(27-32)49-43-18-7-4-15-37(43)40-28-33(21-24-45(40)49)34-22-25-46-41(29-34)38-16-5-8-19-44(38)50(46)36-23-26-48-42(30-36)39-17-6-9-20-47(39)51-48/h1-6,8-17,19-29,42H,7,18,30H2. The first-order valence-corrected chi connectivity index (χ1v) is 18.0. The monoisotopic (exact) mass is 654 g/mol. The molecule has 0 spiro atoms. The predicted molar refractivity (Wildman–Crippen MR) is 211 cm³/mol. The maximum Gasteiger partial charge on any atom is 0.130 e. The Hall–Kier alpha value is -6.32. The molecule has 1 atom stereocenters. The van der Waals surface area contributed by atoms with E-state index in [1.54, 1.807) is 0 Å². The van der Waals surface area contributed by atoms with Gasteiger partial charge in [-0.3, -0.25) is 0 Å². The molecule has 0 bridgehead atoms.